The molecule has 0 aliphatic rings. The van der Waals surface area contributed by atoms with E-state index < -0.39 is 6.04 Å². The molecule has 0 saturated carbocycles. The molecule has 1 atom stereocenters. The molecule has 6 heteroatoms. The summed E-state index contributed by atoms with van der Waals surface area (Å²) in [5, 5.41) is 3.78. The molecule has 0 aromatic heterocycles. The van der Waals surface area contributed by atoms with Gasteiger partial charge in [-0.1, -0.05) is 96.9 Å². The van der Waals surface area contributed by atoms with Crippen molar-refractivity contribution < 1.29 is 9.59 Å². The molecule has 0 spiro atoms. The minimum atomic E-state index is -0.638. The van der Waals surface area contributed by atoms with E-state index in [2.05, 4.69) is 5.32 Å². The highest BCUT2D eigenvalue weighted by molar-refractivity contribution is 6.42. The summed E-state index contributed by atoms with van der Waals surface area (Å²) in [6.07, 6.45) is 1.06. The topological polar surface area (TPSA) is 49.4 Å². The Morgan fingerprint density at radius 2 is 1.47 bits per heavy atom. The number of rotatable bonds is 10. The van der Waals surface area contributed by atoms with Gasteiger partial charge in [0, 0.05) is 25.4 Å². The van der Waals surface area contributed by atoms with Gasteiger partial charge in [0.15, 0.2) is 0 Å². The van der Waals surface area contributed by atoms with Crippen LogP contribution in [0.2, 0.25) is 10.0 Å². The van der Waals surface area contributed by atoms with Gasteiger partial charge in [-0.05, 0) is 42.2 Å². The van der Waals surface area contributed by atoms with Crippen LogP contribution < -0.4 is 5.32 Å². The molecule has 178 valence electrons. The van der Waals surface area contributed by atoms with Crippen LogP contribution >= 0.6 is 23.2 Å². The van der Waals surface area contributed by atoms with Gasteiger partial charge in [0.1, 0.15) is 6.04 Å². The summed E-state index contributed by atoms with van der Waals surface area (Å²) < 4.78 is 0. The molecular formula is C28H30Cl2N2O2. The number of nitrogens with zero attached hydrogens (tertiary/aromatic N) is 1. The Labute approximate surface area is 211 Å². The van der Waals surface area contributed by atoms with E-state index in [1.165, 1.54) is 0 Å². The lowest BCUT2D eigenvalue weighted by Gasteiger charge is -2.30. The molecule has 0 fully saturated rings. The van der Waals surface area contributed by atoms with Crippen LogP contribution in [-0.2, 0) is 16.1 Å². The van der Waals surface area contributed by atoms with E-state index in [9.17, 15) is 9.59 Å². The Kier molecular flexibility index (Phi) is 9.55. The third-order valence-electron chi connectivity index (χ3n) is 5.84. The first-order valence-corrected chi connectivity index (χ1v) is 12.3. The highest BCUT2D eigenvalue weighted by atomic mass is 35.5. The van der Waals surface area contributed by atoms with E-state index >= 15 is 0 Å². The van der Waals surface area contributed by atoms with Crippen LogP contribution in [0.4, 0.5) is 0 Å². The number of carbonyl (C=O) groups is 2. The van der Waals surface area contributed by atoms with Crippen molar-refractivity contribution in [2.45, 2.75) is 45.2 Å². The molecule has 3 rings (SSSR count). The van der Waals surface area contributed by atoms with Crippen LogP contribution in [0.25, 0.3) is 0 Å². The average Bonchev–Trinajstić information content (AvgIpc) is 2.86. The summed E-state index contributed by atoms with van der Waals surface area (Å²) in [5.41, 5.74) is 2.92. The standard InChI is InChI=1S/C28H30Cl2N2O2/c1-3-16-31-28(34)20(2)32(19-21-14-15-25(29)26(30)17-21)27(33)18-24(22-10-6-4-7-11-22)23-12-8-5-9-13-23/h4-15,17,20,24H,3,16,18-19H2,1-2H3,(H,31,34)/t20-/m1/s1. The van der Waals surface area contributed by atoms with Gasteiger partial charge < -0.3 is 10.2 Å². The van der Waals surface area contributed by atoms with Crippen molar-refractivity contribution in [1.29, 1.82) is 0 Å². The summed E-state index contributed by atoms with van der Waals surface area (Å²) in [4.78, 5) is 28.2. The van der Waals surface area contributed by atoms with Gasteiger partial charge in [-0.2, -0.15) is 0 Å². The Bertz CT molecular complexity index is 1050. The lowest BCUT2D eigenvalue weighted by atomic mass is 9.88. The number of halogens is 2. The van der Waals surface area contributed by atoms with Crippen molar-refractivity contribution in [3.8, 4) is 0 Å². The maximum Gasteiger partial charge on any atom is 0.242 e. The van der Waals surface area contributed by atoms with E-state index in [0.29, 0.717) is 16.6 Å². The zero-order chi connectivity index (χ0) is 24.5. The fourth-order valence-corrected chi connectivity index (χ4v) is 4.22. The van der Waals surface area contributed by atoms with Gasteiger partial charge >= 0.3 is 0 Å². The van der Waals surface area contributed by atoms with Gasteiger partial charge in [-0.3, -0.25) is 9.59 Å². The van der Waals surface area contributed by atoms with Crippen LogP contribution in [0, 0.1) is 0 Å². The molecule has 4 nitrogen and oxygen atoms in total. The Hall–Kier alpha value is -2.82. The fourth-order valence-electron chi connectivity index (χ4n) is 3.90. The number of hydrogen-bond donors (Lipinski definition) is 1. The van der Waals surface area contributed by atoms with Crippen molar-refractivity contribution >= 4 is 35.0 Å². The summed E-state index contributed by atoms with van der Waals surface area (Å²) in [5.74, 6) is -0.411. The van der Waals surface area contributed by atoms with Crippen molar-refractivity contribution in [2.75, 3.05) is 6.54 Å². The zero-order valence-electron chi connectivity index (χ0n) is 19.5. The van der Waals surface area contributed by atoms with Crippen molar-refractivity contribution in [1.82, 2.24) is 10.2 Å². The number of nitrogens with one attached hydrogen (secondary N) is 1. The second-order valence-corrected chi connectivity index (χ2v) is 9.13. The molecule has 0 aliphatic heterocycles. The zero-order valence-corrected chi connectivity index (χ0v) is 21.0. The molecule has 34 heavy (non-hydrogen) atoms. The molecule has 2 amide bonds. The smallest absolute Gasteiger partial charge is 0.242 e. The maximum atomic E-state index is 13.8. The van der Waals surface area contributed by atoms with Crippen LogP contribution in [0.15, 0.2) is 78.9 Å². The van der Waals surface area contributed by atoms with E-state index in [1.54, 1.807) is 24.0 Å². The number of amides is 2. The highest BCUT2D eigenvalue weighted by Gasteiger charge is 2.29. The van der Waals surface area contributed by atoms with E-state index in [-0.39, 0.29) is 30.7 Å². The SMILES string of the molecule is CCCNC(=O)[C@@H](C)N(Cc1ccc(Cl)c(Cl)c1)C(=O)CC(c1ccccc1)c1ccccc1. The molecule has 3 aromatic carbocycles. The van der Waals surface area contributed by atoms with E-state index in [0.717, 1.165) is 23.1 Å². The van der Waals surface area contributed by atoms with Gasteiger partial charge in [0.05, 0.1) is 10.0 Å². The highest BCUT2D eigenvalue weighted by Crippen LogP contribution is 2.30. The van der Waals surface area contributed by atoms with Crippen molar-refractivity contribution in [2.24, 2.45) is 0 Å². The predicted octanol–water partition coefficient (Wildman–Crippen LogP) is 6.46. The second kappa shape index (κ2) is 12.6. The summed E-state index contributed by atoms with van der Waals surface area (Å²) in [6.45, 7) is 4.58. The monoisotopic (exact) mass is 496 g/mol. The van der Waals surface area contributed by atoms with Crippen molar-refractivity contribution in [3.05, 3.63) is 106 Å². The first-order chi connectivity index (χ1) is 16.4. The molecule has 3 aromatic rings. The van der Waals surface area contributed by atoms with Crippen LogP contribution in [0.5, 0.6) is 0 Å². The van der Waals surface area contributed by atoms with Gasteiger partial charge in [-0.25, -0.2) is 0 Å². The lowest BCUT2D eigenvalue weighted by Crippen LogP contribution is -2.48. The molecular weight excluding hydrogens is 467 g/mol. The maximum absolute atomic E-state index is 13.8. The van der Waals surface area contributed by atoms with Gasteiger partial charge in [0.25, 0.3) is 0 Å². The van der Waals surface area contributed by atoms with E-state index in [1.807, 2.05) is 73.7 Å². The number of carbonyl (C=O) groups excluding carboxylic acids is 2. The summed E-state index contributed by atoms with van der Waals surface area (Å²) in [7, 11) is 0. The normalized spacial score (nSPS) is 11.8. The first-order valence-electron chi connectivity index (χ1n) is 11.5. The summed E-state index contributed by atoms with van der Waals surface area (Å²) >= 11 is 12.3. The van der Waals surface area contributed by atoms with Crippen LogP contribution in [-0.4, -0.2) is 29.3 Å². The van der Waals surface area contributed by atoms with Crippen LogP contribution in [0.3, 0.4) is 0 Å². The third kappa shape index (κ3) is 6.85. The second-order valence-electron chi connectivity index (χ2n) is 8.32. The molecule has 0 saturated heterocycles. The summed E-state index contributed by atoms with van der Waals surface area (Å²) in [6, 6.07) is 24.6. The predicted molar refractivity (Wildman–Crippen MR) is 139 cm³/mol. The minimum absolute atomic E-state index is 0.108. The molecule has 0 heterocycles. The van der Waals surface area contributed by atoms with Crippen molar-refractivity contribution in [3.63, 3.8) is 0 Å². The molecule has 0 radical (unpaired) electrons. The first kappa shape index (κ1) is 25.8. The van der Waals surface area contributed by atoms with Crippen LogP contribution in [0.1, 0.15) is 49.3 Å². The Balaban J connectivity index is 1.91. The minimum Gasteiger partial charge on any atom is -0.354 e. The van der Waals surface area contributed by atoms with E-state index in [4.69, 9.17) is 23.2 Å². The molecule has 0 bridgehead atoms. The van der Waals surface area contributed by atoms with Gasteiger partial charge in [-0.15, -0.1) is 0 Å². The largest absolute Gasteiger partial charge is 0.354 e. The average molecular weight is 497 g/mol. The molecule has 1 N–H and O–H groups in total. The Morgan fingerprint density at radius 1 is 0.882 bits per heavy atom. The lowest BCUT2D eigenvalue weighted by molar-refractivity contribution is -0.140. The third-order valence-corrected chi connectivity index (χ3v) is 6.58. The number of benzene rings is 3. The van der Waals surface area contributed by atoms with Gasteiger partial charge in [0.2, 0.25) is 11.8 Å². The molecule has 0 unspecified atom stereocenters. The quantitative estimate of drug-likeness (QED) is 0.350. The number of hydrogen-bond acceptors (Lipinski definition) is 2. The fraction of sp³-hybridized carbons (Fsp3) is 0.286. The molecule has 0 aliphatic carbocycles. The Morgan fingerprint density at radius 3 is 2.00 bits per heavy atom.